The van der Waals surface area contributed by atoms with Crippen molar-refractivity contribution in [2.75, 3.05) is 13.1 Å². The third-order valence-electron chi connectivity index (χ3n) is 4.72. The molecule has 1 saturated heterocycles. The normalized spacial score (nSPS) is 16.0. The molecule has 2 aromatic rings. The van der Waals surface area contributed by atoms with Gasteiger partial charge in [0, 0.05) is 48.2 Å². The molecule has 7 heteroatoms. The van der Waals surface area contributed by atoms with Crippen molar-refractivity contribution < 1.29 is 23.8 Å². The van der Waals surface area contributed by atoms with Gasteiger partial charge in [0.05, 0.1) is 0 Å². The smallest absolute Gasteiger partial charge is 0.450 e. The van der Waals surface area contributed by atoms with Crippen molar-refractivity contribution in [3.8, 4) is 0 Å². The first-order chi connectivity index (χ1) is 12.9. The Bertz CT molecular complexity index is 832. The molecule has 0 spiro atoms. The molecule has 0 unspecified atom stereocenters. The van der Waals surface area contributed by atoms with Gasteiger partial charge in [-0.05, 0) is 30.3 Å². The van der Waals surface area contributed by atoms with Gasteiger partial charge in [0.25, 0.3) is 0 Å². The quantitative estimate of drug-likeness (QED) is 0.780. The molecule has 0 bridgehead atoms. The maximum atomic E-state index is 13.2. The third kappa shape index (κ3) is 4.42. The van der Waals surface area contributed by atoms with Crippen LogP contribution in [-0.2, 0) is 15.1 Å². The number of piperidine rings is 1. The maximum Gasteiger partial charge on any atom is 0.506 e. The van der Waals surface area contributed by atoms with Gasteiger partial charge in [0.15, 0.2) is 0 Å². The standard InChI is InChI=1S/C20H20FNO4S/c1-14(23)22-12-10-20(11-13-22,26-19(24)25)17-4-2-3-5-18(17)27-16-8-6-15(21)7-9-16/h2-9H,10-13H2,1H3,(H,24,25). The molecule has 0 atom stereocenters. The number of halogens is 1. The van der Waals surface area contributed by atoms with Gasteiger partial charge in [-0.1, -0.05) is 30.0 Å². The minimum atomic E-state index is -1.34. The number of rotatable bonds is 4. The van der Waals surface area contributed by atoms with E-state index >= 15 is 0 Å². The molecule has 1 fully saturated rings. The number of carboxylic acid groups (broad SMARTS) is 1. The van der Waals surface area contributed by atoms with Crippen molar-refractivity contribution in [2.45, 2.75) is 35.2 Å². The van der Waals surface area contributed by atoms with Gasteiger partial charge in [-0.3, -0.25) is 4.79 Å². The summed E-state index contributed by atoms with van der Waals surface area (Å²) >= 11 is 1.43. The highest BCUT2D eigenvalue weighted by Crippen LogP contribution is 2.43. The van der Waals surface area contributed by atoms with Crippen molar-refractivity contribution in [2.24, 2.45) is 0 Å². The summed E-state index contributed by atoms with van der Waals surface area (Å²) in [5, 5.41) is 9.33. The molecule has 1 aliphatic rings. The number of hydrogen-bond acceptors (Lipinski definition) is 4. The monoisotopic (exact) mass is 389 g/mol. The van der Waals surface area contributed by atoms with Gasteiger partial charge < -0.3 is 14.7 Å². The maximum absolute atomic E-state index is 13.2. The molecule has 1 N–H and O–H groups in total. The summed E-state index contributed by atoms with van der Waals surface area (Å²) in [6.07, 6.45) is -0.562. The van der Waals surface area contributed by atoms with Gasteiger partial charge in [-0.15, -0.1) is 0 Å². The summed E-state index contributed by atoms with van der Waals surface area (Å²) < 4.78 is 18.6. The van der Waals surface area contributed by atoms with Crippen molar-refractivity contribution in [1.29, 1.82) is 0 Å². The number of carbonyl (C=O) groups is 2. The lowest BCUT2D eigenvalue weighted by atomic mass is 9.84. The first-order valence-corrected chi connectivity index (χ1v) is 9.42. The van der Waals surface area contributed by atoms with Gasteiger partial charge >= 0.3 is 6.16 Å². The predicted octanol–water partition coefficient (Wildman–Crippen LogP) is 4.51. The minimum absolute atomic E-state index is 0.0344. The zero-order valence-electron chi connectivity index (χ0n) is 14.9. The van der Waals surface area contributed by atoms with Crippen molar-refractivity contribution in [3.63, 3.8) is 0 Å². The van der Waals surface area contributed by atoms with Crippen LogP contribution >= 0.6 is 11.8 Å². The zero-order valence-corrected chi connectivity index (χ0v) is 15.7. The zero-order chi connectivity index (χ0) is 19.4. The second kappa shape index (κ2) is 8.00. The molecule has 142 valence electrons. The Balaban J connectivity index is 1.94. The van der Waals surface area contributed by atoms with Crippen molar-refractivity contribution in [1.82, 2.24) is 4.90 Å². The Morgan fingerprint density at radius 2 is 1.74 bits per heavy atom. The molecule has 0 aromatic heterocycles. The minimum Gasteiger partial charge on any atom is -0.450 e. The first kappa shape index (κ1) is 19.2. The summed E-state index contributed by atoms with van der Waals surface area (Å²) in [6, 6.07) is 13.6. The SMILES string of the molecule is CC(=O)N1CCC(OC(=O)O)(c2ccccc2Sc2ccc(F)cc2)CC1. The van der Waals surface area contributed by atoms with E-state index in [1.54, 1.807) is 17.0 Å². The van der Waals surface area contributed by atoms with Crippen LogP contribution in [0.5, 0.6) is 0 Å². The Kier molecular flexibility index (Phi) is 5.70. The second-order valence-electron chi connectivity index (χ2n) is 6.42. The number of amides is 1. The van der Waals surface area contributed by atoms with E-state index in [1.807, 2.05) is 24.3 Å². The van der Waals surface area contributed by atoms with Crippen molar-refractivity contribution in [3.05, 3.63) is 59.9 Å². The topological polar surface area (TPSA) is 66.8 Å². The van der Waals surface area contributed by atoms with Crippen LogP contribution in [-0.4, -0.2) is 35.2 Å². The summed E-state index contributed by atoms with van der Waals surface area (Å²) in [7, 11) is 0. The summed E-state index contributed by atoms with van der Waals surface area (Å²) in [5.41, 5.74) is -0.244. The Morgan fingerprint density at radius 3 is 2.33 bits per heavy atom. The predicted molar refractivity (Wildman–Crippen MR) is 99.2 cm³/mol. The lowest BCUT2D eigenvalue weighted by Gasteiger charge is -2.41. The molecule has 2 aromatic carbocycles. The summed E-state index contributed by atoms with van der Waals surface area (Å²) in [4.78, 5) is 26.4. The molecule has 27 heavy (non-hydrogen) atoms. The highest BCUT2D eigenvalue weighted by Gasteiger charge is 2.42. The second-order valence-corrected chi connectivity index (χ2v) is 7.54. The molecule has 3 rings (SSSR count). The van der Waals surface area contributed by atoms with Crippen LogP contribution in [0.1, 0.15) is 25.3 Å². The number of likely N-dealkylation sites (tertiary alicyclic amines) is 1. The van der Waals surface area contributed by atoms with Crippen LogP contribution in [0.2, 0.25) is 0 Å². The highest BCUT2D eigenvalue weighted by molar-refractivity contribution is 7.99. The molecule has 0 radical (unpaired) electrons. The van der Waals surface area contributed by atoms with Crippen LogP contribution in [0.3, 0.4) is 0 Å². The first-order valence-electron chi connectivity index (χ1n) is 8.60. The number of benzene rings is 2. The largest absolute Gasteiger partial charge is 0.506 e. The van der Waals surface area contributed by atoms with E-state index < -0.39 is 11.8 Å². The van der Waals surface area contributed by atoms with Gasteiger partial charge in [0.2, 0.25) is 5.91 Å². The highest BCUT2D eigenvalue weighted by atomic mass is 32.2. The van der Waals surface area contributed by atoms with Gasteiger partial charge in [-0.25, -0.2) is 9.18 Å². The summed E-state index contributed by atoms with van der Waals surface area (Å²) in [6.45, 7) is 2.36. The molecule has 1 aliphatic heterocycles. The van der Waals surface area contributed by atoms with E-state index in [-0.39, 0.29) is 11.7 Å². The average molecular weight is 389 g/mol. The van der Waals surface area contributed by atoms with Crippen LogP contribution in [0.25, 0.3) is 0 Å². The fraction of sp³-hybridized carbons (Fsp3) is 0.300. The Hall–Kier alpha value is -2.54. The number of carbonyl (C=O) groups excluding carboxylic acids is 1. The Morgan fingerprint density at radius 1 is 1.11 bits per heavy atom. The number of nitrogens with zero attached hydrogens (tertiary/aromatic N) is 1. The van der Waals surface area contributed by atoms with Gasteiger partial charge in [-0.2, -0.15) is 0 Å². The van der Waals surface area contributed by atoms with E-state index in [4.69, 9.17) is 4.74 Å². The molecule has 0 saturated carbocycles. The van der Waals surface area contributed by atoms with Gasteiger partial charge in [0.1, 0.15) is 11.4 Å². The van der Waals surface area contributed by atoms with E-state index in [1.165, 1.54) is 30.8 Å². The van der Waals surface area contributed by atoms with Crippen LogP contribution in [0.15, 0.2) is 58.3 Å². The fourth-order valence-electron chi connectivity index (χ4n) is 3.34. The molecular weight excluding hydrogens is 369 g/mol. The van der Waals surface area contributed by atoms with E-state index in [2.05, 4.69) is 0 Å². The van der Waals surface area contributed by atoms with Crippen LogP contribution in [0.4, 0.5) is 9.18 Å². The van der Waals surface area contributed by atoms with E-state index in [0.717, 1.165) is 15.4 Å². The van der Waals surface area contributed by atoms with E-state index in [0.29, 0.717) is 25.9 Å². The molecule has 1 amide bonds. The number of ether oxygens (including phenoxy) is 1. The summed E-state index contributed by atoms with van der Waals surface area (Å²) in [5.74, 6) is -0.345. The number of hydrogen-bond donors (Lipinski definition) is 1. The molecule has 0 aliphatic carbocycles. The third-order valence-corrected chi connectivity index (χ3v) is 5.80. The Labute approximate surface area is 161 Å². The molecule has 5 nitrogen and oxygen atoms in total. The molecular formula is C20H20FNO4S. The fourth-order valence-corrected chi connectivity index (χ4v) is 4.37. The van der Waals surface area contributed by atoms with Crippen molar-refractivity contribution >= 4 is 23.8 Å². The lowest BCUT2D eigenvalue weighted by Crippen LogP contribution is -2.46. The van der Waals surface area contributed by atoms with E-state index in [9.17, 15) is 19.1 Å². The lowest BCUT2D eigenvalue weighted by molar-refractivity contribution is -0.134. The van der Waals surface area contributed by atoms with Crippen LogP contribution in [0, 0.1) is 5.82 Å². The molecule has 1 heterocycles. The van der Waals surface area contributed by atoms with Crippen LogP contribution < -0.4 is 0 Å². The average Bonchev–Trinajstić information content (AvgIpc) is 2.64.